The van der Waals surface area contributed by atoms with Gasteiger partial charge < -0.3 is 21.0 Å². The maximum absolute atomic E-state index is 14.4. The number of carbonyl (C=O) groups excluding carboxylic acids is 1. The van der Waals surface area contributed by atoms with E-state index in [1.165, 1.54) is 6.07 Å². The van der Waals surface area contributed by atoms with Gasteiger partial charge in [0.25, 0.3) is 5.91 Å². The highest BCUT2D eigenvalue weighted by molar-refractivity contribution is 7.97. The fraction of sp³-hybridized carbons (Fsp3) is 0.273. The van der Waals surface area contributed by atoms with Gasteiger partial charge in [0.2, 0.25) is 0 Å². The number of benzene rings is 1. The molecule has 3 heterocycles. The first-order chi connectivity index (χ1) is 15.4. The van der Waals surface area contributed by atoms with E-state index >= 15 is 0 Å². The highest BCUT2D eigenvalue weighted by atomic mass is 32.2. The molecule has 0 radical (unpaired) electrons. The second kappa shape index (κ2) is 9.19. The number of nitrogens with one attached hydrogen (secondary N) is 2. The minimum absolute atomic E-state index is 0.0716. The molecule has 1 amide bonds. The van der Waals surface area contributed by atoms with Crippen LogP contribution in [0.5, 0.6) is 0 Å². The summed E-state index contributed by atoms with van der Waals surface area (Å²) >= 11 is 1.56. The number of aromatic nitrogens is 2. The van der Waals surface area contributed by atoms with Gasteiger partial charge in [-0.3, -0.25) is 15.6 Å². The van der Waals surface area contributed by atoms with E-state index in [0.717, 1.165) is 34.9 Å². The number of rotatable bonds is 6. The molecule has 0 unspecified atom stereocenters. The zero-order valence-electron chi connectivity index (χ0n) is 18.0. The number of carbonyl (C=O) groups is 1. The predicted octanol–water partition coefficient (Wildman–Crippen LogP) is 2.30. The van der Waals surface area contributed by atoms with Crippen LogP contribution in [0.4, 0.5) is 4.39 Å². The first kappa shape index (κ1) is 22.1. The minimum Gasteiger partial charge on any atom is -0.401 e. The first-order valence-electron chi connectivity index (χ1n) is 10.2. The van der Waals surface area contributed by atoms with Crippen LogP contribution in [0.3, 0.4) is 0 Å². The average Bonchev–Trinajstić information content (AvgIpc) is 3.08. The third-order valence-electron chi connectivity index (χ3n) is 5.74. The third kappa shape index (κ3) is 4.29. The topological polar surface area (TPSA) is 114 Å². The molecular formula is C22H26FN7OS. The molecule has 4 rings (SSSR count). The van der Waals surface area contributed by atoms with Crippen LogP contribution in [0.2, 0.25) is 0 Å². The van der Waals surface area contributed by atoms with Gasteiger partial charge in [0.15, 0.2) is 0 Å². The Morgan fingerprint density at radius 2 is 2.16 bits per heavy atom. The number of nitrogens with two attached hydrogens (primary N) is 2. The maximum atomic E-state index is 14.4. The van der Waals surface area contributed by atoms with Gasteiger partial charge >= 0.3 is 0 Å². The third-order valence-corrected chi connectivity index (χ3v) is 6.92. The van der Waals surface area contributed by atoms with Crippen LogP contribution in [0.15, 0.2) is 52.8 Å². The van der Waals surface area contributed by atoms with Crippen molar-refractivity contribution in [1.82, 2.24) is 24.6 Å². The molecule has 1 aliphatic heterocycles. The second-order valence-electron chi connectivity index (χ2n) is 7.67. The Morgan fingerprint density at radius 1 is 1.34 bits per heavy atom. The molecule has 0 saturated heterocycles. The standard InChI is InChI=1S/C22H26FN7OS/c1-13-21(32-30-9-7-17(24)19(12-30)28-25)10-20(29(13)2)22(31)27-11-15-14-4-3-8-26-18(14)6-5-16(15)23/h3-6,8,10,28H,7,9,11-12,24-25H2,1-2H3,(H,27,31). The highest BCUT2D eigenvalue weighted by Crippen LogP contribution is 2.31. The van der Waals surface area contributed by atoms with Crippen molar-refractivity contribution in [2.24, 2.45) is 18.6 Å². The lowest BCUT2D eigenvalue weighted by Crippen LogP contribution is -2.37. The van der Waals surface area contributed by atoms with Crippen molar-refractivity contribution in [2.45, 2.75) is 24.8 Å². The van der Waals surface area contributed by atoms with Crippen molar-refractivity contribution < 1.29 is 9.18 Å². The van der Waals surface area contributed by atoms with Gasteiger partial charge in [-0.15, -0.1) is 0 Å². The van der Waals surface area contributed by atoms with Crippen molar-refractivity contribution in [3.8, 4) is 0 Å². The number of fused-ring (bicyclic) bond motifs is 1. The molecule has 6 N–H and O–H groups in total. The van der Waals surface area contributed by atoms with Gasteiger partial charge in [-0.2, -0.15) is 0 Å². The Bertz CT molecular complexity index is 1210. The van der Waals surface area contributed by atoms with Crippen LogP contribution in [-0.2, 0) is 13.6 Å². The van der Waals surface area contributed by atoms with Gasteiger partial charge in [-0.05, 0) is 43.1 Å². The SMILES string of the molecule is Cc1c(SN2CCC(N)=C(NN)C2)cc(C(=O)NCc2c(F)ccc3ncccc23)n1C. The smallest absolute Gasteiger partial charge is 0.268 e. The van der Waals surface area contributed by atoms with Crippen LogP contribution < -0.4 is 22.3 Å². The molecule has 3 aromatic rings. The molecule has 0 fully saturated rings. The quantitative estimate of drug-likeness (QED) is 0.256. The van der Waals surface area contributed by atoms with Crippen molar-refractivity contribution in [3.63, 3.8) is 0 Å². The van der Waals surface area contributed by atoms with E-state index < -0.39 is 0 Å². The number of nitrogens with zero attached hydrogens (tertiary/aromatic N) is 3. The molecule has 1 aromatic carbocycles. The lowest BCUT2D eigenvalue weighted by Gasteiger charge is -2.27. The summed E-state index contributed by atoms with van der Waals surface area (Å²) in [6, 6.07) is 8.43. The lowest BCUT2D eigenvalue weighted by molar-refractivity contribution is 0.0942. The zero-order chi connectivity index (χ0) is 22.8. The van der Waals surface area contributed by atoms with Crippen LogP contribution in [-0.4, -0.2) is 32.9 Å². The molecular weight excluding hydrogens is 429 g/mol. The molecule has 168 valence electrons. The fourth-order valence-corrected chi connectivity index (χ4v) is 4.80. The Labute approximate surface area is 189 Å². The highest BCUT2D eigenvalue weighted by Gasteiger charge is 2.22. The summed E-state index contributed by atoms with van der Waals surface area (Å²) in [5.74, 6) is 4.92. The molecule has 10 heteroatoms. The number of hydrogen-bond acceptors (Lipinski definition) is 7. The summed E-state index contributed by atoms with van der Waals surface area (Å²) in [7, 11) is 1.84. The summed E-state index contributed by atoms with van der Waals surface area (Å²) in [4.78, 5) is 18.2. The van der Waals surface area contributed by atoms with E-state index in [0.29, 0.717) is 28.7 Å². The monoisotopic (exact) mass is 455 g/mol. The van der Waals surface area contributed by atoms with Gasteiger partial charge in [0.1, 0.15) is 11.5 Å². The molecule has 0 atom stereocenters. The van der Waals surface area contributed by atoms with Gasteiger partial charge in [-0.1, -0.05) is 6.07 Å². The number of hydrazine groups is 1. The Hall–Kier alpha value is -3.08. The number of pyridine rings is 1. The van der Waals surface area contributed by atoms with E-state index in [2.05, 4.69) is 20.0 Å². The van der Waals surface area contributed by atoms with Gasteiger partial charge in [0.05, 0.1) is 17.8 Å². The summed E-state index contributed by atoms with van der Waals surface area (Å²) in [5.41, 5.74) is 12.8. The Balaban J connectivity index is 1.49. The zero-order valence-corrected chi connectivity index (χ0v) is 18.8. The van der Waals surface area contributed by atoms with E-state index in [1.54, 1.807) is 36.3 Å². The van der Waals surface area contributed by atoms with Crippen molar-refractivity contribution >= 4 is 28.8 Å². The van der Waals surface area contributed by atoms with Crippen LogP contribution in [0.25, 0.3) is 10.9 Å². The van der Waals surface area contributed by atoms with E-state index in [9.17, 15) is 9.18 Å². The normalized spacial score (nSPS) is 14.8. The molecule has 0 saturated carbocycles. The van der Waals surface area contributed by atoms with Crippen LogP contribution in [0, 0.1) is 12.7 Å². The maximum Gasteiger partial charge on any atom is 0.268 e. The predicted molar refractivity (Wildman–Crippen MR) is 124 cm³/mol. The lowest BCUT2D eigenvalue weighted by atomic mass is 10.1. The van der Waals surface area contributed by atoms with Crippen LogP contribution in [0.1, 0.15) is 28.2 Å². The van der Waals surface area contributed by atoms with Crippen molar-refractivity contribution in [3.05, 3.63) is 70.7 Å². The molecule has 1 aliphatic rings. The largest absolute Gasteiger partial charge is 0.401 e. The van der Waals surface area contributed by atoms with Crippen LogP contribution >= 0.6 is 11.9 Å². The minimum atomic E-state index is -0.369. The van der Waals surface area contributed by atoms with Gasteiger partial charge in [-0.25, -0.2) is 8.70 Å². The van der Waals surface area contributed by atoms with Crippen molar-refractivity contribution in [1.29, 1.82) is 0 Å². The number of halogens is 1. The second-order valence-corrected chi connectivity index (χ2v) is 8.81. The van der Waals surface area contributed by atoms with Crippen molar-refractivity contribution in [2.75, 3.05) is 13.1 Å². The van der Waals surface area contributed by atoms with E-state index in [-0.39, 0.29) is 18.3 Å². The first-order valence-corrected chi connectivity index (χ1v) is 11.0. The van der Waals surface area contributed by atoms with E-state index in [1.807, 2.05) is 24.6 Å². The Kier molecular flexibility index (Phi) is 6.35. The molecule has 0 aliphatic carbocycles. The molecule has 0 bridgehead atoms. The molecule has 0 spiro atoms. The van der Waals surface area contributed by atoms with Gasteiger partial charge in [0, 0.05) is 60.0 Å². The summed E-state index contributed by atoms with van der Waals surface area (Å²) in [5, 5.41) is 3.54. The summed E-state index contributed by atoms with van der Waals surface area (Å²) in [6.07, 6.45) is 2.38. The molecule has 2 aromatic heterocycles. The molecule has 32 heavy (non-hydrogen) atoms. The number of amides is 1. The summed E-state index contributed by atoms with van der Waals surface area (Å²) in [6.45, 7) is 3.41. The average molecular weight is 456 g/mol. The fourth-order valence-electron chi connectivity index (χ4n) is 3.72. The Morgan fingerprint density at radius 3 is 2.94 bits per heavy atom. The molecule has 8 nitrogen and oxygen atoms in total. The number of hydrogen-bond donors (Lipinski definition) is 4. The summed E-state index contributed by atoms with van der Waals surface area (Å²) < 4.78 is 18.4. The van der Waals surface area contributed by atoms with E-state index in [4.69, 9.17) is 11.6 Å².